The number of benzene rings is 2. The number of ether oxygens (including phenoxy) is 4. The van der Waals surface area contributed by atoms with Gasteiger partial charge in [0.15, 0.2) is 11.5 Å². The van der Waals surface area contributed by atoms with Crippen LogP contribution in [-0.4, -0.2) is 60.6 Å². The van der Waals surface area contributed by atoms with Crippen molar-refractivity contribution in [1.82, 2.24) is 14.5 Å². The molecule has 0 unspecified atom stereocenters. The normalized spacial score (nSPS) is 15.7. The lowest BCUT2D eigenvalue weighted by Gasteiger charge is -2.40. The minimum absolute atomic E-state index is 0.291. The molecular weight excluding hydrogens is 454 g/mol. The van der Waals surface area contributed by atoms with Crippen LogP contribution in [0.1, 0.15) is 18.4 Å². The molecule has 0 aliphatic carbocycles. The van der Waals surface area contributed by atoms with E-state index >= 15 is 0 Å². The zero-order valence-electron chi connectivity index (χ0n) is 19.8. The zero-order valence-corrected chi connectivity index (χ0v) is 20.5. The average molecular weight is 486 g/mol. The molecule has 1 aliphatic heterocycles. The molecule has 0 saturated carbocycles. The van der Waals surface area contributed by atoms with Crippen LogP contribution in [0, 0.1) is 0 Å². The van der Waals surface area contributed by atoms with Crippen molar-refractivity contribution in [3.05, 3.63) is 71.8 Å². The maximum absolute atomic E-state index is 6.07. The van der Waals surface area contributed by atoms with E-state index in [1.165, 1.54) is 5.56 Å². The number of aromatic nitrogens is 2. The van der Waals surface area contributed by atoms with Crippen molar-refractivity contribution in [3.63, 3.8) is 0 Å². The van der Waals surface area contributed by atoms with Gasteiger partial charge in [0.2, 0.25) is 0 Å². The summed E-state index contributed by atoms with van der Waals surface area (Å²) >= 11 is 6.07. The molecule has 2 heterocycles. The SMILES string of the molecule is COc1ccc(CN2CCC(COc3cccc(Cl)c3)(OC)CC2)cc1OCCn1ccnc1. The van der Waals surface area contributed by atoms with Crippen LogP contribution in [0.2, 0.25) is 5.02 Å². The molecule has 2 aromatic carbocycles. The summed E-state index contributed by atoms with van der Waals surface area (Å²) in [5.41, 5.74) is 0.902. The average Bonchev–Trinajstić information content (AvgIpc) is 3.38. The van der Waals surface area contributed by atoms with Crippen LogP contribution in [0.4, 0.5) is 0 Å². The van der Waals surface area contributed by atoms with E-state index in [2.05, 4.69) is 22.0 Å². The maximum atomic E-state index is 6.07. The molecule has 0 amide bonds. The Morgan fingerprint density at radius 1 is 1.03 bits per heavy atom. The minimum atomic E-state index is -0.291. The number of likely N-dealkylation sites (tertiary alicyclic amines) is 1. The lowest BCUT2D eigenvalue weighted by molar-refractivity contribution is -0.0839. The summed E-state index contributed by atoms with van der Waals surface area (Å²) in [5.74, 6) is 2.27. The first kappa shape index (κ1) is 24.4. The molecule has 1 fully saturated rings. The molecule has 0 N–H and O–H groups in total. The summed E-state index contributed by atoms with van der Waals surface area (Å²) in [6, 6.07) is 13.6. The minimum Gasteiger partial charge on any atom is -0.493 e. The van der Waals surface area contributed by atoms with E-state index in [0.717, 1.165) is 56.3 Å². The predicted molar refractivity (Wildman–Crippen MR) is 132 cm³/mol. The molecule has 0 radical (unpaired) electrons. The Bertz CT molecular complexity index is 1040. The van der Waals surface area contributed by atoms with Gasteiger partial charge in [-0.05, 0) is 48.7 Å². The first-order valence-electron chi connectivity index (χ1n) is 11.5. The number of hydrogen-bond acceptors (Lipinski definition) is 6. The molecule has 7 nitrogen and oxygen atoms in total. The molecule has 4 rings (SSSR count). The highest BCUT2D eigenvalue weighted by atomic mass is 35.5. The van der Waals surface area contributed by atoms with Gasteiger partial charge in [-0.2, -0.15) is 0 Å². The molecule has 182 valence electrons. The lowest BCUT2D eigenvalue weighted by atomic mass is 9.91. The van der Waals surface area contributed by atoms with E-state index in [9.17, 15) is 0 Å². The molecule has 0 spiro atoms. The number of piperidine rings is 1. The monoisotopic (exact) mass is 485 g/mol. The standard InChI is InChI=1S/C26H32ClN3O4/c1-31-24-7-6-21(16-25(24)33-15-14-30-13-10-28-20-30)18-29-11-8-26(32-2,9-12-29)19-34-23-5-3-4-22(27)17-23/h3-7,10,13,16-17,20H,8-9,11-12,14-15,18-19H2,1-2H3. The third kappa shape index (κ3) is 6.44. The highest BCUT2D eigenvalue weighted by Gasteiger charge is 2.35. The first-order valence-corrected chi connectivity index (χ1v) is 11.9. The van der Waals surface area contributed by atoms with Crippen molar-refractivity contribution in [3.8, 4) is 17.2 Å². The maximum Gasteiger partial charge on any atom is 0.161 e. The van der Waals surface area contributed by atoms with Gasteiger partial charge in [-0.25, -0.2) is 4.98 Å². The van der Waals surface area contributed by atoms with Gasteiger partial charge in [-0.1, -0.05) is 23.7 Å². The topological polar surface area (TPSA) is 58.0 Å². The third-order valence-corrected chi connectivity index (χ3v) is 6.53. The van der Waals surface area contributed by atoms with Crippen molar-refractivity contribution in [1.29, 1.82) is 0 Å². The lowest BCUT2D eigenvalue weighted by Crippen LogP contribution is -2.48. The molecule has 0 atom stereocenters. The van der Waals surface area contributed by atoms with Gasteiger partial charge in [-0.15, -0.1) is 0 Å². The highest BCUT2D eigenvalue weighted by molar-refractivity contribution is 6.30. The van der Waals surface area contributed by atoms with Crippen molar-refractivity contribution in [2.45, 2.75) is 31.5 Å². The third-order valence-electron chi connectivity index (χ3n) is 6.30. The summed E-state index contributed by atoms with van der Waals surface area (Å²) in [6.45, 7) is 4.48. The van der Waals surface area contributed by atoms with Crippen LogP contribution in [0.5, 0.6) is 17.2 Å². The second-order valence-corrected chi connectivity index (χ2v) is 8.98. The Morgan fingerprint density at radius 3 is 2.59 bits per heavy atom. The quantitative estimate of drug-likeness (QED) is 0.393. The predicted octanol–water partition coefficient (Wildman–Crippen LogP) is 4.68. The Labute approximate surface area is 206 Å². The van der Waals surface area contributed by atoms with Crippen LogP contribution in [0.15, 0.2) is 61.2 Å². The molecule has 34 heavy (non-hydrogen) atoms. The molecular formula is C26H32ClN3O4. The molecule has 1 saturated heterocycles. The van der Waals surface area contributed by atoms with E-state index in [-0.39, 0.29) is 5.60 Å². The smallest absolute Gasteiger partial charge is 0.161 e. The molecule has 0 bridgehead atoms. The fourth-order valence-electron chi connectivity index (χ4n) is 4.17. The second-order valence-electron chi connectivity index (χ2n) is 8.54. The zero-order chi connectivity index (χ0) is 23.8. The first-order chi connectivity index (χ1) is 16.6. The van der Waals surface area contributed by atoms with E-state index in [4.69, 9.17) is 30.5 Å². The largest absolute Gasteiger partial charge is 0.493 e. The van der Waals surface area contributed by atoms with Crippen molar-refractivity contribution < 1.29 is 18.9 Å². The summed E-state index contributed by atoms with van der Waals surface area (Å²) in [7, 11) is 3.44. The fraction of sp³-hybridized carbons (Fsp3) is 0.423. The van der Waals surface area contributed by atoms with E-state index < -0.39 is 0 Å². The van der Waals surface area contributed by atoms with E-state index in [0.29, 0.717) is 18.2 Å². The Hall–Kier alpha value is -2.74. The molecule has 3 aromatic rings. The number of nitrogens with zero attached hydrogens (tertiary/aromatic N) is 3. The number of imidazole rings is 1. The Kier molecular flexibility index (Phi) is 8.32. The summed E-state index contributed by atoms with van der Waals surface area (Å²) in [5, 5.41) is 0.670. The second kappa shape index (κ2) is 11.6. The Morgan fingerprint density at radius 2 is 1.88 bits per heavy atom. The number of methoxy groups -OCH3 is 2. The summed E-state index contributed by atoms with van der Waals surface area (Å²) in [6.07, 6.45) is 7.27. The van der Waals surface area contributed by atoms with Gasteiger partial charge in [0, 0.05) is 44.2 Å². The number of halogens is 1. The Balaban J connectivity index is 1.30. The van der Waals surface area contributed by atoms with Gasteiger partial charge >= 0.3 is 0 Å². The van der Waals surface area contributed by atoms with E-state index in [1.54, 1.807) is 26.7 Å². The van der Waals surface area contributed by atoms with Crippen LogP contribution >= 0.6 is 11.6 Å². The molecule has 1 aliphatic rings. The van der Waals surface area contributed by atoms with Crippen LogP contribution < -0.4 is 14.2 Å². The summed E-state index contributed by atoms with van der Waals surface area (Å²) in [4.78, 5) is 6.50. The number of rotatable bonds is 11. The summed E-state index contributed by atoms with van der Waals surface area (Å²) < 4.78 is 25.5. The van der Waals surface area contributed by atoms with Gasteiger partial charge in [0.1, 0.15) is 24.6 Å². The van der Waals surface area contributed by atoms with Crippen LogP contribution in [0.25, 0.3) is 0 Å². The van der Waals surface area contributed by atoms with Crippen LogP contribution in [0.3, 0.4) is 0 Å². The molecule has 1 aromatic heterocycles. The van der Waals surface area contributed by atoms with Gasteiger partial charge < -0.3 is 23.5 Å². The van der Waals surface area contributed by atoms with Crippen molar-refractivity contribution in [2.24, 2.45) is 0 Å². The fourth-order valence-corrected chi connectivity index (χ4v) is 4.35. The van der Waals surface area contributed by atoms with Crippen LogP contribution in [-0.2, 0) is 17.8 Å². The van der Waals surface area contributed by atoms with Gasteiger partial charge in [-0.3, -0.25) is 4.90 Å². The molecule has 8 heteroatoms. The van der Waals surface area contributed by atoms with Gasteiger partial charge in [0.05, 0.1) is 20.0 Å². The van der Waals surface area contributed by atoms with Gasteiger partial charge in [0.25, 0.3) is 0 Å². The van der Waals surface area contributed by atoms with E-state index in [1.807, 2.05) is 41.1 Å². The van der Waals surface area contributed by atoms with Crippen molar-refractivity contribution >= 4 is 11.6 Å². The number of hydrogen-bond donors (Lipinski definition) is 0. The van der Waals surface area contributed by atoms with Crippen molar-refractivity contribution in [2.75, 3.05) is 40.5 Å². The highest BCUT2D eigenvalue weighted by Crippen LogP contribution is 2.31.